The lowest BCUT2D eigenvalue weighted by molar-refractivity contribution is 0.0945. The molecule has 0 aliphatic heterocycles. The van der Waals surface area contributed by atoms with Crippen LogP contribution in [0.15, 0.2) is 42.7 Å². The van der Waals surface area contributed by atoms with Crippen molar-refractivity contribution in [3.63, 3.8) is 0 Å². The Morgan fingerprint density at radius 2 is 2.00 bits per heavy atom. The number of hydrogen-bond donors (Lipinski definition) is 2. The fraction of sp³-hybridized carbons (Fsp3) is 0.167. The number of ether oxygens (including phenoxy) is 1. The molecular formula is C18H18N6O2. The lowest BCUT2D eigenvalue weighted by Gasteiger charge is -2.11. The predicted molar refractivity (Wildman–Crippen MR) is 95.6 cm³/mol. The SMILES string of the molecule is Cc1ccc(Oc2ncccc2CNC(=O)c2cc(C)nc(N)n2)cn1. The molecule has 0 aliphatic carbocycles. The van der Waals surface area contributed by atoms with Crippen molar-refractivity contribution in [1.82, 2.24) is 25.3 Å². The van der Waals surface area contributed by atoms with Crippen LogP contribution in [0.2, 0.25) is 0 Å². The number of hydrogen-bond acceptors (Lipinski definition) is 7. The zero-order chi connectivity index (χ0) is 18.5. The third kappa shape index (κ3) is 4.29. The second kappa shape index (κ2) is 7.56. The summed E-state index contributed by atoms with van der Waals surface area (Å²) in [5.74, 6) is 0.680. The van der Waals surface area contributed by atoms with Crippen molar-refractivity contribution in [2.45, 2.75) is 20.4 Å². The molecule has 3 heterocycles. The van der Waals surface area contributed by atoms with E-state index >= 15 is 0 Å². The topological polar surface area (TPSA) is 116 Å². The number of nitrogens with one attached hydrogen (secondary N) is 1. The smallest absolute Gasteiger partial charge is 0.270 e. The van der Waals surface area contributed by atoms with E-state index in [4.69, 9.17) is 10.5 Å². The van der Waals surface area contributed by atoms with Crippen LogP contribution in [-0.2, 0) is 6.54 Å². The Morgan fingerprint density at radius 3 is 2.73 bits per heavy atom. The van der Waals surface area contributed by atoms with Gasteiger partial charge in [-0.15, -0.1) is 0 Å². The Morgan fingerprint density at radius 1 is 1.15 bits per heavy atom. The number of amides is 1. The van der Waals surface area contributed by atoms with Crippen LogP contribution in [0.3, 0.4) is 0 Å². The third-order valence-electron chi connectivity index (χ3n) is 3.49. The fourth-order valence-electron chi connectivity index (χ4n) is 2.25. The molecule has 0 radical (unpaired) electrons. The van der Waals surface area contributed by atoms with E-state index < -0.39 is 0 Å². The zero-order valence-electron chi connectivity index (χ0n) is 14.4. The molecular weight excluding hydrogens is 332 g/mol. The van der Waals surface area contributed by atoms with Crippen LogP contribution in [0.25, 0.3) is 0 Å². The number of aryl methyl sites for hydroxylation is 2. The molecule has 132 valence electrons. The molecule has 0 atom stereocenters. The molecule has 26 heavy (non-hydrogen) atoms. The minimum absolute atomic E-state index is 0.0624. The molecule has 3 aromatic rings. The Balaban J connectivity index is 1.72. The van der Waals surface area contributed by atoms with Crippen LogP contribution < -0.4 is 15.8 Å². The van der Waals surface area contributed by atoms with Crippen molar-refractivity contribution in [2.24, 2.45) is 0 Å². The van der Waals surface area contributed by atoms with Gasteiger partial charge < -0.3 is 15.8 Å². The van der Waals surface area contributed by atoms with Gasteiger partial charge in [-0.25, -0.2) is 15.0 Å². The predicted octanol–water partition coefficient (Wildman–Crippen LogP) is 2.19. The highest BCUT2D eigenvalue weighted by Crippen LogP contribution is 2.22. The summed E-state index contributed by atoms with van der Waals surface area (Å²) in [5.41, 5.74) is 8.04. The summed E-state index contributed by atoms with van der Waals surface area (Å²) in [6.07, 6.45) is 3.25. The summed E-state index contributed by atoms with van der Waals surface area (Å²) in [4.78, 5) is 28.6. The maximum atomic E-state index is 12.3. The number of carbonyl (C=O) groups is 1. The summed E-state index contributed by atoms with van der Waals surface area (Å²) < 4.78 is 5.77. The number of anilines is 1. The van der Waals surface area contributed by atoms with E-state index in [0.717, 1.165) is 11.3 Å². The summed E-state index contributed by atoms with van der Waals surface area (Å²) in [6.45, 7) is 3.87. The molecule has 1 amide bonds. The van der Waals surface area contributed by atoms with Gasteiger partial charge in [-0.2, -0.15) is 0 Å². The first-order chi connectivity index (χ1) is 12.5. The molecule has 3 N–H and O–H groups in total. The molecule has 8 nitrogen and oxygen atoms in total. The molecule has 0 aromatic carbocycles. The average molecular weight is 350 g/mol. The van der Waals surface area contributed by atoms with Crippen LogP contribution in [0.5, 0.6) is 11.6 Å². The maximum absolute atomic E-state index is 12.3. The summed E-state index contributed by atoms with van der Waals surface area (Å²) in [5, 5.41) is 2.78. The van der Waals surface area contributed by atoms with Crippen molar-refractivity contribution in [2.75, 3.05) is 5.73 Å². The van der Waals surface area contributed by atoms with Gasteiger partial charge in [0.2, 0.25) is 11.8 Å². The van der Waals surface area contributed by atoms with Gasteiger partial charge in [0.1, 0.15) is 11.4 Å². The number of pyridine rings is 2. The van der Waals surface area contributed by atoms with Crippen LogP contribution >= 0.6 is 0 Å². The summed E-state index contributed by atoms with van der Waals surface area (Å²) >= 11 is 0. The van der Waals surface area contributed by atoms with Gasteiger partial charge >= 0.3 is 0 Å². The van der Waals surface area contributed by atoms with Crippen LogP contribution in [0, 0.1) is 13.8 Å². The van der Waals surface area contributed by atoms with Gasteiger partial charge in [-0.3, -0.25) is 9.78 Å². The van der Waals surface area contributed by atoms with Crippen molar-refractivity contribution in [3.8, 4) is 11.6 Å². The van der Waals surface area contributed by atoms with Crippen molar-refractivity contribution >= 4 is 11.9 Å². The van der Waals surface area contributed by atoms with Gasteiger partial charge in [0.05, 0.1) is 6.20 Å². The van der Waals surface area contributed by atoms with Gasteiger partial charge in [0, 0.05) is 29.7 Å². The minimum atomic E-state index is -0.353. The molecule has 0 spiro atoms. The van der Waals surface area contributed by atoms with Crippen molar-refractivity contribution in [3.05, 3.63) is 65.4 Å². The minimum Gasteiger partial charge on any atom is -0.437 e. The van der Waals surface area contributed by atoms with Gasteiger partial charge in [-0.1, -0.05) is 6.07 Å². The first-order valence-electron chi connectivity index (χ1n) is 7.95. The van der Waals surface area contributed by atoms with Crippen molar-refractivity contribution < 1.29 is 9.53 Å². The van der Waals surface area contributed by atoms with Gasteiger partial charge in [0.25, 0.3) is 5.91 Å². The summed E-state index contributed by atoms with van der Waals surface area (Å²) in [7, 11) is 0. The monoisotopic (exact) mass is 350 g/mol. The number of nitrogens with two attached hydrogens (primary N) is 1. The number of nitrogen functional groups attached to an aromatic ring is 1. The molecule has 3 rings (SSSR count). The Hall–Kier alpha value is -3.55. The van der Waals surface area contributed by atoms with Crippen LogP contribution in [0.4, 0.5) is 5.95 Å². The first-order valence-corrected chi connectivity index (χ1v) is 7.95. The van der Waals surface area contributed by atoms with E-state index in [1.165, 1.54) is 0 Å². The molecule has 0 fully saturated rings. The van der Waals surface area contributed by atoms with E-state index in [1.54, 1.807) is 31.5 Å². The molecule has 8 heteroatoms. The quantitative estimate of drug-likeness (QED) is 0.724. The first kappa shape index (κ1) is 17.3. The van der Waals surface area contributed by atoms with E-state index in [9.17, 15) is 4.79 Å². The fourth-order valence-corrected chi connectivity index (χ4v) is 2.25. The number of rotatable bonds is 5. The second-order valence-corrected chi connectivity index (χ2v) is 5.64. The largest absolute Gasteiger partial charge is 0.437 e. The molecule has 0 bridgehead atoms. The zero-order valence-corrected chi connectivity index (χ0v) is 14.4. The van der Waals surface area contributed by atoms with Gasteiger partial charge in [-0.05, 0) is 38.1 Å². The van der Waals surface area contributed by atoms with Crippen molar-refractivity contribution in [1.29, 1.82) is 0 Å². The normalized spacial score (nSPS) is 10.4. The lowest BCUT2D eigenvalue weighted by atomic mass is 10.2. The Kier molecular flexibility index (Phi) is 5.02. The lowest BCUT2D eigenvalue weighted by Crippen LogP contribution is -2.24. The average Bonchev–Trinajstić information content (AvgIpc) is 2.62. The summed E-state index contributed by atoms with van der Waals surface area (Å²) in [6, 6.07) is 8.83. The highest BCUT2D eigenvalue weighted by atomic mass is 16.5. The third-order valence-corrected chi connectivity index (χ3v) is 3.49. The van der Waals surface area contributed by atoms with Crippen LogP contribution in [0.1, 0.15) is 27.4 Å². The second-order valence-electron chi connectivity index (χ2n) is 5.64. The van der Waals surface area contributed by atoms with E-state index in [2.05, 4.69) is 25.3 Å². The maximum Gasteiger partial charge on any atom is 0.270 e. The molecule has 3 aromatic heterocycles. The highest BCUT2D eigenvalue weighted by molar-refractivity contribution is 5.92. The number of carbonyl (C=O) groups excluding carboxylic acids is 1. The van der Waals surface area contributed by atoms with E-state index in [0.29, 0.717) is 17.3 Å². The van der Waals surface area contributed by atoms with Crippen LogP contribution in [-0.4, -0.2) is 25.8 Å². The molecule has 0 unspecified atom stereocenters. The number of aromatic nitrogens is 4. The standard InChI is InChI=1S/C18H18N6O2/c1-11-5-6-14(10-21-11)26-17-13(4-3-7-20-17)9-22-16(25)15-8-12(2)23-18(19)24-15/h3-8,10H,9H2,1-2H3,(H,22,25)(H2,19,23,24). The van der Waals surface area contributed by atoms with E-state index in [1.807, 2.05) is 25.1 Å². The number of nitrogens with zero attached hydrogens (tertiary/aromatic N) is 4. The molecule has 0 aliphatic rings. The van der Waals surface area contributed by atoms with Gasteiger partial charge in [0.15, 0.2) is 0 Å². The highest BCUT2D eigenvalue weighted by Gasteiger charge is 2.12. The molecule has 0 saturated carbocycles. The Bertz CT molecular complexity index is 907. The van der Waals surface area contributed by atoms with E-state index in [-0.39, 0.29) is 24.1 Å². The Labute approximate surface area is 150 Å². The molecule has 0 saturated heterocycles.